The molecule has 4 nitrogen and oxygen atoms in total. The van der Waals surface area contributed by atoms with Gasteiger partial charge in [-0.05, 0) is 30.7 Å². The summed E-state index contributed by atoms with van der Waals surface area (Å²) in [6, 6.07) is 5.94. The summed E-state index contributed by atoms with van der Waals surface area (Å²) in [5, 5.41) is 2.68. The monoisotopic (exact) mass is 345 g/mol. The summed E-state index contributed by atoms with van der Waals surface area (Å²) >= 11 is 4.88. The predicted octanol–water partition coefficient (Wildman–Crippen LogP) is 2.53. The first-order chi connectivity index (χ1) is 9.02. The highest BCUT2D eigenvalue weighted by atomic mass is 79.9. The zero-order valence-corrected chi connectivity index (χ0v) is 13.3. The Kier molecular flexibility index (Phi) is 6.94. The molecule has 0 saturated carbocycles. The molecule has 1 aromatic carbocycles. The molecule has 1 N–H and O–H groups in total. The molecule has 0 saturated heterocycles. The molecule has 0 fully saturated rings. The van der Waals surface area contributed by atoms with E-state index in [2.05, 4.69) is 26.0 Å². The van der Waals surface area contributed by atoms with Gasteiger partial charge in [-0.1, -0.05) is 15.9 Å². The van der Waals surface area contributed by atoms with Crippen molar-refractivity contribution in [2.75, 3.05) is 19.4 Å². The van der Waals surface area contributed by atoms with Gasteiger partial charge in [0, 0.05) is 15.9 Å². The Morgan fingerprint density at radius 2 is 2.16 bits per heavy atom. The van der Waals surface area contributed by atoms with Crippen molar-refractivity contribution >= 4 is 39.6 Å². The van der Waals surface area contributed by atoms with Crippen molar-refractivity contribution < 1.29 is 14.3 Å². The molecule has 1 amide bonds. The van der Waals surface area contributed by atoms with Crippen LogP contribution in [0.4, 0.5) is 0 Å². The SMILES string of the molecule is COC(=O)CCNC(=O)CSc1ccc(Br)cc1C. The maximum Gasteiger partial charge on any atom is 0.307 e. The second-order valence-corrected chi connectivity index (χ2v) is 5.81. The van der Waals surface area contributed by atoms with E-state index in [1.54, 1.807) is 0 Å². The first-order valence-electron chi connectivity index (χ1n) is 5.75. The van der Waals surface area contributed by atoms with Crippen LogP contribution in [0.3, 0.4) is 0 Å². The molecule has 19 heavy (non-hydrogen) atoms. The van der Waals surface area contributed by atoms with Gasteiger partial charge in [0.15, 0.2) is 0 Å². The number of rotatable bonds is 6. The van der Waals surface area contributed by atoms with E-state index in [1.165, 1.54) is 18.9 Å². The molecule has 0 atom stereocenters. The van der Waals surface area contributed by atoms with Crippen LogP contribution in [0.25, 0.3) is 0 Å². The van der Waals surface area contributed by atoms with Crippen molar-refractivity contribution in [1.82, 2.24) is 5.32 Å². The minimum atomic E-state index is -0.322. The molecule has 0 aromatic heterocycles. The summed E-state index contributed by atoms with van der Waals surface area (Å²) in [5.41, 5.74) is 1.13. The van der Waals surface area contributed by atoms with Crippen LogP contribution in [-0.2, 0) is 14.3 Å². The van der Waals surface area contributed by atoms with E-state index in [0.29, 0.717) is 12.3 Å². The summed E-state index contributed by atoms with van der Waals surface area (Å²) in [7, 11) is 1.33. The third kappa shape index (κ3) is 6.11. The number of thioether (sulfide) groups is 1. The lowest BCUT2D eigenvalue weighted by Gasteiger charge is -2.07. The Balaban J connectivity index is 2.32. The molecule has 0 aliphatic carbocycles. The molecule has 0 heterocycles. The van der Waals surface area contributed by atoms with Crippen molar-refractivity contribution in [3.63, 3.8) is 0 Å². The van der Waals surface area contributed by atoms with Crippen LogP contribution in [-0.4, -0.2) is 31.3 Å². The number of benzene rings is 1. The Bertz CT molecular complexity index is 465. The van der Waals surface area contributed by atoms with Gasteiger partial charge in [-0.3, -0.25) is 9.59 Å². The fourth-order valence-electron chi connectivity index (χ4n) is 1.38. The first kappa shape index (κ1) is 16.0. The molecule has 6 heteroatoms. The van der Waals surface area contributed by atoms with Gasteiger partial charge in [0.1, 0.15) is 0 Å². The van der Waals surface area contributed by atoms with Gasteiger partial charge in [-0.25, -0.2) is 0 Å². The van der Waals surface area contributed by atoms with Crippen LogP contribution in [0.15, 0.2) is 27.6 Å². The highest BCUT2D eigenvalue weighted by Crippen LogP contribution is 2.24. The van der Waals surface area contributed by atoms with Crippen LogP contribution in [0.1, 0.15) is 12.0 Å². The molecule has 104 valence electrons. The zero-order chi connectivity index (χ0) is 14.3. The van der Waals surface area contributed by atoms with E-state index in [9.17, 15) is 9.59 Å². The topological polar surface area (TPSA) is 55.4 Å². The van der Waals surface area contributed by atoms with Gasteiger partial charge >= 0.3 is 5.97 Å². The lowest BCUT2D eigenvalue weighted by Crippen LogP contribution is -2.27. The van der Waals surface area contributed by atoms with Crippen LogP contribution in [0.5, 0.6) is 0 Å². The second kappa shape index (κ2) is 8.22. The van der Waals surface area contributed by atoms with Gasteiger partial charge in [-0.2, -0.15) is 0 Å². The lowest BCUT2D eigenvalue weighted by molar-refractivity contribution is -0.140. The summed E-state index contributed by atoms with van der Waals surface area (Å²) in [6.45, 7) is 2.31. The Hall–Kier alpha value is -1.01. The van der Waals surface area contributed by atoms with Gasteiger partial charge < -0.3 is 10.1 Å². The average Bonchev–Trinajstić information content (AvgIpc) is 2.37. The summed E-state index contributed by atoms with van der Waals surface area (Å²) in [6.07, 6.45) is 0.199. The van der Waals surface area contributed by atoms with Gasteiger partial charge in [0.05, 0.1) is 19.3 Å². The number of carbonyl (C=O) groups is 2. The predicted molar refractivity (Wildman–Crippen MR) is 79.2 cm³/mol. The number of esters is 1. The number of hydrogen-bond donors (Lipinski definition) is 1. The van der Waals surface area contributed by atoms with Crippen molar-refractivity contribution in [2.45, 2.75) is 18.2 Å². The Morgan fingerprint density at radius 1 is 1.42 bits per heavy atom. The molecule has 0 aliphatic heterocycles. The van der Waals surface area contributed by atoms with E-state index >= 15 is 0 Å². The minimum absolute atomic E-state index is 0.0868. The second-order valence-electron chi connectivity index (χ2n) is 3.87. The number of carbonyl (C=O) groups excluding carboxylic acids is 2. The molecule has 1 rings (SSSR count). The quantitative estimate of drug-likeness (QED) is 0.635. The number of aryl methyl sites for hydroxylation is 1. The lowest BCUT2D eigenvalue weighted by atomic mass is 10.2. The zero-order valence-electron chi connectivity index (χ0n) is 10.9. The van der Waals surface area contributed by atoms with Crippen molar-refractivity contribution in [3.05, 3.63) is 28.2 Å². The molecule has 0 aliphatic rings. The normalized spacial score (nSPS) is 10.1. The van der Waals surface area contributed by atoms with Crippen LogP contribution < -0.4 is 5.32 Å². The molecule has 0 spiro atoms. The summed E-state index contributed by atoms with van der Waals surface area (Å²) in [4.78, 5) is 23.5. The third-order valence-corrected chi connectivity index (χ3v) is 4.04. The number of ether oxygens (including phenoxy) is 1. The van der Waals surface area contributed by atoms with Gasteiger partial charge in [-0.15, -0.1) is 11.8 Å². The van der Waals surface area contributed by atoms with E-state index in [1.807, 2.05) is 25.1 Å². The molecule has 0 bridgehead atoms. The molecule has 1 aromatic rings. The van der Waals surface area contributed by atoms with Gasteiger partial charge in [0.25, 0.3) is 0 Å². The van der Waals surface area contributed by atoms with Gasteiger partial charge in [0.2, 0.25) is 5.91 Å². The molecular formula is C13H16BrNO3S. The first-order valence-corrected chi connectivity index (χ1v) is 7.53. The highest BCUT2D eigenvalue weighted by molar-refractivity contribution is 9.10. The smallest absolute Gasteiger partial charge is 0.307 e. The molecule has 0 radical (unpaired) electrons. The maximum atomic E-state index is 11.6. The van der Waals surface area contributed by atoms with E-state index < -0.39 is 0 Å². The third-order valence-electron chi connectivity index (χ3n) is 2.37. The van der Waals surface area contributed by atoms with E-state index in [4.69, 9.17) is 0 Å². The number of halogens is 1. The largest absolute Gasteiger partial charge is 0.469 e. The van der Waals surface area contributed by atoms with Crippen molar-refractivity contribution in [2.24, 2.45) is 0 Å². The minimum Gasteiger partial charge on any atom is -0.469 e. The summed E-state index contributed by atoms with van der Waals surface area (Å²) < 4.78 is 5.51. The van der Waals surface area contributed by atoms with Crippen LogP contribution >= 0.6 is 27.7 Å². The van der Waals surface area contributed by atoms with Crippen LogP contribution in [0.2, 0.25) is 0 Å². The van der Waals surface area contributed by atoms with E-state index in [0.717, 1.165) is 14.9 Å². The Morgan fingerprint density at radius 3 is 2.79 bits per heavy atom. The number of hydrogen-bond acceptors (Lipinski definition) is 4. The fourth-order valence-corrected chi connectivity index (χ4v) is 2.69. The maximum absolute atomic E-state index is 11.6. The fraction of sp³-hybridized carbons (Fsp3) is 0.385. The average molecular weight is 346 g/mol. The Labute approximate surface area is 125 Å². The molecular weight excluding hydrogens is 330 g/mol. The molecule has 0 unspecified atom stereocenters. The standard InChI is InChI=1S/C13H16BrNO3S/c1-9-7-10(14)3-4-11(9)19-8-12(16)15-6-5-13(17)18-2/h3-4,7H,5-6,8H2,1-2H3,(H,15,16). The number of methoxy groups -OCH3 is 1. The van der Waals surface area contributed by atoms with Crippen molar-refractivity contribution in [1.29, 1.82) is 0 Å². The van der Waals surface area contributed by atoms with E-state index in [-0.39, 0.29) is 18.3 Å². The summed E-state index contributed by atoms with van der Waals surface area (Å²) in [5.74, 6) is -0.0724. The highest BCUT2D eigenvalue weighted by Gasteiger charge is 2.06. The van der Waals surface area contributed by atoms with Crippen molar-refractivity contribution in [3.8, 4) is 0 Å². The number of nitrogens with one attached hydrogen (secondary N) is 1. The number of amides is 1. The van der Waals surface area contributed by atoms with Crippen LogP contribution in [0, 0.1) is 6.92 Å².